The molecule has 1 saturated heterocycles. The third-order valence-electron chi connectivity index (χ3n) is 2.96. The van der Waals surface area contributed by atoms with Gasteiger partial charge in [-0.05, 0) is 13.8 Å². The Morgan fingerprint density at radius 2 is 2.19 bits per heavy atom. The Kier molecular flexibility index (Phi) is 2.72. The Hall–Kier alpha value is -1.72. The largest absolute Gasteiger partial charge is 0.396 e. The maximum Gasteiger partial charge on any atom is 0.317 e. The number of urea groups is 1. The molecule has 0 saturated carbocycles. The van der Waals surface area contributed by atoms with Gasteiger partial charge in [0.25, 0.3) is 0 Å². The Bertz CT molecular complexity index is 412. The minimum Gasteiger partial charge on any atom is -0.396 e. The van der Waals surface area contributed by atoms with E-state index in [1.165, 1.54) is 0 Å². The highest BCUT2D eigenvalue weighted by Crippen LogP contribution is 2.14. The number of hydrogen-bond acceptors (Lipinski definition) is 3. The van der Waals surface area contributed by atoms with Gasteiger partial charge in [-0.2, -0.15) is 5.10 Å². The Morgan fingerprint density at radius 3 is 2.69 bits per heavy atom. The SMILES string of the molecule is Cc1nn(CCN2CCNC2=O)c(C)c1N. The van der Waals surface area contributed by atoms with Crippen LogP contribution < -0.4 is 11.1 Å². The van der Waals surface area contributed by atoms with E-state index in [4.69, 9.17) is 5.73 Å². The number of carbonyl (C=O) groups is 1. The highest BCUT2D eigenvalue weighted by molar-refractivity contribution is 5.76. The highest BCUT2D eigenvalue weighted by atomic mass is 16.2. The fourth-order valence-electron chi connectivity index (χ4n) is 1.87. The summed E-state index contributed by atoms with van der Waals surface area (Å²) < 4.78 is 1.86. The third-order valence-corrected chi connectivity index (χ3v) is 2.96. The van der Waals surface area contributed by atoms with E-state index >= 15 is 0 Å². The molecule has 88 valence electrons. The van der Waals surface area contributed by atoms with Gasteiger partial charge in [0.2, 0.25) is 0 Å². The first-order chi connectivity index (χ1) is 7.59. The first kappa shape index (κ1) is 10.8. The Morgan fingerprint density at radius 1 is 1.44 bits per heavy atom. The molecule has 6 nitrogen and oxygen atoms in total. The zero-order valence-corrected chi connectivity index (χ0v) is 9.66. The summed E-state index contributed by atoms with van der Waals surface area (Å²) >= 11 is 0. The summed E-state index contributed by atoms with van der Waals surface area (Å²) in [5, 5.41) is 7.10. The minimum atomic E-state index is 0.00880. The zero-order chi connectivity index (χ0) is 11.7. The highest BCUT2D eigenvalue weighted by Gasteiger charge is 2.19. The van der Waals surface area contributed by atoms with Crippen LogP contribution in [0.1, 0.15) is 11.4 Å². The normalized spacial score (nSPS) is 15.6. The molecule has 2 rings (SSSR count). The lowest BCUT2D eigenvalue weighted by atomic mass is 10.3. The maximum absolute atomic E-state index is 11.3. The van der Waals surface area contributed by atoms with Gasteiger partial charge in [-0.25, -0.2) is 4.79 Å². The molecule has 1 fully saturated rings. The molecule has 0 unspecified atom stereocenters. The number of anilines is 1. The van der Waals surface area contributed by atoms with Gasteiger partial charge in [-0.3, -0.25) is 4.68 Å². The monoisotopic (exact) mass is 223 g/mol. The van der Waals surface area contributed by atoms with Crippen molar-refractivity contribution in [1.82, 2.24) is 20.0 Å². The standard InChI is InChI=1S/C10H17N5O/c1-7-9(11)8(2)15(13-7)6-5-14-4-3-12-10(14)16/h3-6,11H2,1-2H3,(H,12,16). The van der Waals surface area contributed by atoms with E-state index < -0.39 is 0 Å². The summed E-state index contributed by atoms with van der Waals surface area (Å²) in [6, 6.07) is 0.00880. The molecule has 1 aromatic rings. The van der Waals surface area contributed by atoms with Crippen molar-refractivity contribution in [2.24, 2.45) is 0 Å². The number of hydrogen-bond donors (Lipinski definition) is 2. The van der Waals surface area contributed by atoms with Crippen molar-refractivity contribution in [1.29, 1.82) is 0 Å². The number of carbonyl (C=O) groups excluding carboxylic acids is 1. The predicted molar refractivity (Wildman–Crippen MR) is 61.1 cm³/mol. The number of amides is 2. The Labute approximate surface area is 94.4 Å². The number of aryl methyl sites for hydroxylation is 1. The van der Waals surface area contributed by atoms with E-state index in [9.17, 15) is 4.79 Å². The van der Waals surface area contributed by atoms with Gasteiger partial charge < -0.3 is 16.0 Å². The van der Waals surface area contributed by atoms with Crippen LogP contribution in [-0.4, -0.2) is 40.3 Å². The van der Waals surface area contributed by atoms with E-state index in [1.807, 2.05) is 18.5 Å². The van der Waals surface area contributed by atoms with Gasteiger partial charge in [0, 0.05) is 19.6 Å². The van der Waals surface area contributed by atoms with E-state index in [1.54, 1.807) is 4.90 Å². The van der Waals surface area contributed by atoms with Gasteiger partial charge in [-0.15, -0.1) is 0 Å². The molecule has 1 aliphatic heterocycles. The lowest BCUT2D eigenvalue weighted by Gasteiger charge is -2.14. The molecule has 0 atom stereocenters. The van der Waals surface area contributed by atoms with Crippen molar-refractivity contribution in [2.75, 3.05) is 25.4 Å². The fourth-order valence-corrected chi connectivity index (χ4v) is 1.87. The molecule has 1 aromatic heterocycles. The topological polar surface area (TPSA) is 76.2 Å². The average Bonchev–Trinajstić information content (AvgIpc) is 2.76. The molecule has 0 aliphatic carbocycles. The molecule has 0 bridgehead atoms. The van der Waals surface area contributed by atoms with Crippen LogP contribution in [0.25, 0.3) is 0 Å². The second-order valence-electron chi connectivity index (χ2n) is 4.03. The zero-order valence-electron chi connectivity index (χ0n) is 9.66. The van der Waals surface area contributed by atoms with Gasteiger partial charge in [0.05, 0.1) is 23.6 Å². The molecule has 3 N–H and O–H groups in total. The molecule has 6 heteroatoms. The van der Waals surface area contributed by atoms with Crippen LogP contribution in [-0.2, 0) is 6.54 Å². The lowest BCUT2D eigenvalue weighted by molar-refractivity contribution is 0.215. The van der Waals surface area contributed by atoms with E-state index in [0.29, 0.717) is 13.1 Å². The van der Waals surface area contributed by atoms with E-state index in [0.717, 1.165) is 30.2 Å². The van der Waals surface area contributed by atoms with Crippen LogP contribution in [0.5, 0.6) is 0 Å². The quantitative estimate of drug-likeness (QED) is 0.763. The van der Waals surface area contributed by atoms with Crippen LogP contribution in [0.3, 0.4) is 0 Å². The van der Waals surface area contributed by atoms with Crippen molar-refractivity contribution in [2.45, 2.75) is 20.4 Å². The van der Waals surface area contributed by atoms with Gasteiger partial charge >= 0.3 is 6.03 Å². The third kappa shape index (κ3) is 1.82. The predicted octanol–water partition coefficient (Wildman–Crippen LogP) is 0.107. The van der Waals surface area contributed by atoms with Crippen molar-refractivity contribution < 1.29 is 4.79 Å². The second kappa shape index (κ2) is 4.03. The first-order valence-corrected chi connectivity index (χ1v) is 5.42. The molecule has 16 heavy (non-hydrogen) atoms. The second-order valence-corrected chi connectivity index (χ2v) is 4.03. The molecular weight excluding hydrogens is 206 g/mol. The van der Waals surface area contributed by atoms with Crippen molar-refractivity contribution >= 4 is 11.7 Å². The van der Waals surface area contributed by atoms with Crippen LogP contribution in [0.2, 0.25) is 0 Å². The molecule has 0 aromatic carbocycles. The summed E-state index contributed by atoms with van der Waals surface area (Å²) in [5.74, 6) is 0. The summed E-state index contributed by atoms with van der Waals surface area (Å²) in [5.41, 5.74) is 8.40. The van der Waals surface area contributed by atoms with E-state index in [-0.39, 0.29) is 6.03 Å². The summed E-state index contributed by atoms with van der Waals surface area (Å²) in [4.78, 5) is 13.1. The van der Waals surface area contributed by atoms with Crippen LogP contribution in [0, 0.1) is 13.8 Å². The number of nitrogens with zero attached hydrogens (tertiary/aromatic N) is 3. The lowest BCUT2D eigenvalue weighted by Crippen LogP contribution is -2.31. The molecule has 2 heterocycles. The van der Waals surface area contributed by atoms with Crippen molar-refractivity contribution in [3.63, 3.8) is 0 Å². The van der Waals surface area contributed by atoms with E-state index in [2.05, 4.69) is 10.4 Å². The smallest absolute Gasteiger partial charge is 0.317 e. The minimum absolute atomic E-state index is 0.00880. The van der Waals surface area contributed by atoms with Crippen LogP contribution in [0.4, 0.5) is 10.5 Å². The summed E-state index contributed by atoms with van der Waals surface area (Å²) in [6.07, 6.45) is 0. The van der Waals surface area contributed by atoms with Gasteiger partial charge in [-0.1, -0.05) is 0 Å². The molecule has 0 radical (unpaired) electrons. The molecule has 0 spiro atoms. The average molecular weight is 223 g/mol. The number of rotatable bonds is 3. The number of aromatic nitrogens is 2. The molecular formula is C10H17N5O. The van der Waals surface area contributed by atoms with Gasteiger partial charge in [0.15, 0.2) is 0 Å². The summed E-state index contributed by atoms with van der Waals surface area (Å²) in [6.45, 7) is 6.71. The molecule has 1 aliphatic rings. The number of nitrogens with one attached hydrogen (secondary N) is 1. The van der Waals surface area contributed by atoms with Crippen LogP contribution >= 0.6 is 0 Å². The maximum atomic E-state index is 11.3. The summed E-state index contributed by atoms with van der Waals surface area (Å²) in [7, 11) is 0. The van der Waals surface area contributed by atoms with Crippen LogP contribution in [0.15, 0.2) is 0 Å². The first-order valence-electron chi connectivity index (χ1n) is 5.42. The van der Waals surface area contributed by atoms with Crippen molar-refractivity contribution in [3.05, 3.63) is 11.4 Å². The number of nitrogens with two attached hydrogens (primary N) is 1. The van der Waals surface area contributed by atoms with Crippen molar-refractivity contribution in [3.8, 4) is 0 Å². The molecule has 2 amide bonds. The van der Waals surface area contributed by atoms with Gasteiger partial charge in [0.1, 0.15) is 0 Å². The number of nitrogen functional groups attached to an aromatic ring is 1. The Balaban J connectivity index is 1.99. The fraction of sp³-hybridized carbons (Fsp3) is 0.600.